The number of carbonyl (C=O) groups excluding carboxylic acids is 1. The summed E-state index contributed by atoms with van der Waals surface area (Å²) in [6.07, 6.45) is 2.91. The van der Waals surface area contributed by atoms with Gasteiger partial charge in [-0.15, -0.1) is 0 Å². The number of aryl methyl sites for hydroxylation is 1. The number of rotatable bonds is 2. The molecule has 7 heteroatoms. The first-order valence-electron chi connectivity index (χ1n) is 9.70. The molecule has 4 heterocycles. The van der Waals surface area contributed by atoms with Crippen molar-refractivity contribution in [2.24, 2.45) is 7.05 Å². The monoisotopic (exact) mass is 364 g/mol. The van der Waals surface area contributed by atoms with E-state index >= 15 is 0 Å². The molecule has 5 rings (SSSR count). The molecule has 2 aliphatic rings. The Morgan fingerprint density at radius 1 is 1.30 bits per heavy atom. The van der Waals surface area contributed by atoms with Gasteiger partial charge < -0.3 is 14.8 Å². The van der Waals surface area contributed by atoms with Crippen LogP contribution in [0.1, 0.15) is 46.3 Å². The van der Waals surface area contributed by atoms with Gasteiger partial charge in [-0.3, -0.25) is 9.89 Å². The van der Waals surface area contributed by atoms with Crippen molar-refractivity contribution in [1.82, 2.24) is 30.0 Å². The number of imidazole rings is 1. The molecule has 0 aliphatic carbocycles. The zero-order chi connectivity index (χ0) is 18.4. The number of para-hydroxylation sites is 2. The van der Waals surface area contributed by atoms with Crippen LogP contribution in [0.4, 0.5) is 0 Å². The number of H-pyrrole nitrogens is 1. The summed E-state index contributed by atoms with van der Waals surface area (Å²) in [6, 6.07) is 8.21. The second-order valence-electron chi connectivity index (χ2n) is 7.56. The number of nitrogens with zero attached hydrogens (tertiary/aromatic N) is 4. The molecule has 0 saturated carbocycles. The molecule has 0 spiro atoms. The molecule has 2 N–H and O–H groups in total. The Kier molecular flexibility index (Phi) is 3.97. The molecule has 27 heavy (non-hydrogen) atoms. The molecule has 0 radical (unpaired) electrons. The maximum atomic E-state index is 13.2. The lowest BCUT2D eigenvalue weighted by Gasteiger charge is -2.32. The summed E-state index contributed by atoms with van der Waals surface area (Å²) < 4.78 is 2.18. The molecule has 3 aromatic rings. The Balaban J connectivity index is 1.41. The number of amides is 1. The Labute approximate surface area is 157 Å². The van der Waals surface area contributed by atoms with Crippen molar-refractivity contribution in [3.63, 3.8) is 0 Å². The highest BCUT2D eigenvalue weighted by Crippen LogP contribution is 2.29. The molecular formula is C20H24N6O. The third-order valence-corrected chi connectivity index (χ3v) is 5.90. The average molecular weight is 364 g/mol. The lowest BCUT2D eigenvalue weighted by Crippen LogP contribution is -2.40. The first-order chi connectivity index (χ1) is 13.2. The lowest BCUT2D eigenvalue weighted by molar-refractivity contribution is 0.0696. The Bertz CT molecular complexity index is 1000. The molecule has 1 atom stereocenters. The number of fused-ring (bicyclic) bond motifs is 2. The predicted octanol–water partition coefficient (Wildman–Crippen LogP) is 1.96. The Morgan fingerprint density at radius 2 is 2.19 bits per heavy atom. The first kappa shape index (κ1) is 16.5. The predicted molar refractivity (Wildman–Crippen MR) is 103 cm³/mol. The molecule has 7 nitrogen and oxygen atoms in total. The molecule has 2 aromatic heterocycles. The van der Waals surface area contributed by atoms with Crippen LogP contribution >= 0.6 is 0 Å². The van der Waals surface area contributed by atoms with E-state index in [0.29, 0.717) is 12.2 Å². The maximum absolute atomic E-state index is 13.2. The fourth-order valence-corrected chi connectivity index (χ4v) is 4.47. The zero-order valence-corrected chi connectivity index (χ0v) is 15.5. The minimum atomic E-state index is 0.0536. The van der Waals surface area contributed by atoms with Crippen molar-refractivity contribution < 1.29 is 4.79 Å². The van der Waals surface area contributed by atoms with Gasteiger partial charge >= 0.3 is 0 Å². The Hall–Kier alpha value is -2.67. The van der Waals surface area contributed by atoms with E-state index < -0.39 is 0 Å². The molecule has 0 bridgehead atoms. The van der Waals surface area contributed by atoms with Crippen LogP contribution in [0, 0.1) is 0 Å². The van der Waals surface area contributed by atoms with Gasteiger partial charge in [-0.05, 0) is 37.9 Å². The third kappa shape index (κ3) is 2.73. The fraction of sp³-hybridized carbons (Fsp3) is 0.450. The number of carbonyl (C=O) groups is 1. The van der Waals surface area contributed by atoms with Crippen molar-refractivity contribution in [1.29, 1.82) is 0 Å². The van der Waals surface area contributed by atoms with Crippen LogP contribution in [0.3, 0.4) is 0 Å². The van der Waals surface area contributed by atoms with E-state index in [0.717, 1.165) is 67.0 Å². The van der Waals surface area contributed by atoms with Crippen molar-refractivity contribution in [2.45, 2.75) is 31.7 Å². The summed E-state index contributed by atoms with van der Waals surface area (Å²) in [7, 11) is 2.07. The van der Waals surface area contributed by atoms with Crippen LogP contribution in [0.25, 0.3) is 11.0 Å². The summed E-state index contributed by atoms with van der Waals surface area (Å²) in [5, 5.41) is 10.7. The van der Waals surface area contributed by atoms with Crippen LogP contribution in [-0.2, 0) is 20.0 Å². The molecule has 1 fully saturated rings. The number of benzene rings is 1. The maximum Gasteiger partial charge on any atom is 0.274 e. The van der Waals surface area contributed by atoms with Gasteiger partial charge in [0.1, 0.15) is 5.82 Å². The number of nitrogens with one attached hydrogen (secondary N) is 2. The van der Waals surface area contributed by atoms with E-state index in [1.54, 1.807) is 0 Å². The SMILES string of the molecule is Cn1c(C2CCCN(C(=O)c3n[nH]c4c3CCNC4)C2)nc2ccccc21. The third-order valence-electron chi connectivity index (χ3n) is 5.90. The highest BCUT2D eigenvalue weighted by Gasteiger charge is 2.31. The minimum absolute atomic E-state index is 0.0536. The summed E-state index contributed by atoms with van der Waals surface area (Å²) in [4.78, 5) is 20.0. The molecule has 1 amide bonds. The van der Waals surface area contributed by atoms with Crippen molar-refractivity contribution in [3.05, 3.63) is 47.0 Å². The van der Waals surface area contributed by atoms with Crippen LogP contribution in [0.15, 0.2) is 24.3 Å². The van der Waals surface area contributed by atoms with Crippen molar-refractivity contribution in [3.8, 4) is 0 Å². The van der Waals surface area contributed by atoms with E-state index in [1.165, 1.54) is 0 Å². The summed E-state index contributed by atoms with van der Waals surface area (Å²) in [6.45, 7) is 3.16. The van der Waals surface area contributed by atoms with Gasteiger partial charge in [0, 0.05) is 38.2 Å². The van der Waals surface area contributed by atoms with E-state index in [1.807, 2.05) is 17.0 Å². The van der Waals surface area contributed by atoms with Crippen LogP contribution in [-0.4, -0.2) is 50.2 Å². The van der Waals surface area contributed by atoms with Gasteiger partial charge in [0.05, 0.1) is 16.7 Å². The first-order valence-corrected chi connectivity index (χ1v) is 9.70. The number of hydrogen-bond donors (Lipinski definition) is 2. The van der Waals surface area contributed by atoms with E-state index in [9.17, 15) is 4.79 Å². The number of aromatic amines is 1. The molecular weight excluding hydrogens is 340 g/mol. The number of hydrogen-bond acceptors (Lipinski definition) is 4. The fourth-order valence-electron chi connectivity index (χ4n) is 4.47. The topological polar surface area (TPSA) is 78.8 Å². The normalized spacial score (nSPS) is 20.0. The van der Waals surface area contributed by atoms with Gasteiger partial charge in [-0.25, -0.2) is 4.98 Å². The second kappa shape index (κ2) is 6.49. The quantitative estimate of drug-likeness (QED) is 0.729. The summed E-state index contributed by atoms with van der Waals surface area (Å²) in [5.74, 6) is 1.39. The standard InChI is InChI=1S/C20H24N6O/c1-25-17-7-3-2-6-15(17)22-19(25)13-5-4-10-26(12-13)20(27)18-14-8-9-21-11-16(14)23-24-18/h2-3,6-7,13,21H,4-5,8-12H2,1H3,(H,23,24). The summed E-state index contributed by atoms with van der Waals surface area (Å²) >= 11 is 0. The number of likely N-dealkylation sites (tertiary alicyclic amines) is 1. The summed E-state index contributed by atoms with van der Waals surface area (Å²) in [5.41, 5.74) is 4.91. The van der Waals surface area contributed by atoms with E-state index in [4.69, 9.17) is 4.98 Å². The molecule has 1 unspecified atom stereocenters. The number of aromatic nitrogens is 4. The largest absolute Gasteiger partial charge is 0.337 e. The zero-order valence-electron chi connectivity index (χ0n) is 15.5. The van der Waals surface area contributed by atoms with E-state index in [-0.39, 0.29) is 11.8 Å². The van der Waals surface area contributed by atoms with Gasteiger partial charge in [-0.2, -0.15) is 5.10 Å². The second-order valence-corrected chi connectivity index (χ2v) is 7.56. The van der Waals surface area contributed by atoms with Gasteiger partial charge in [0.25, 0.3) is 5.91 Å². The smallest absolute Gasteiger partial charge is 0.274 e. The highest BCUT2D eigenvalue weighted by atomic mass is 16.2. The van der Waals surface area contributed by atoms with Gasteiger partial charge in [-0.1, -0.05) is 12.1 Å². The van der Waals surface area contributed by atoms with Crippen LogP contribution in [0.5, 0.6) is 0 Å². The van der Waals surface area contributed by atoms with Gasteiger partial charge in [0.15, 0.2) is 5.69 Å². The minimum Gasteiger partial charge on any atom is -0.337 e. The highest BCUT2D eigenvalue weighted by molar-refractivity contribution is 5.94. The van der Waals surface area contributed by atoms with Crippen molar-refractivity contribution in [2.75, 3.05) is 19.6 Å². The van der Waals surface area contributed by atoms with Crippen LogP contribution < -0.4 is 5.32 Å². The molecule has 140 valence electrons. The van der Waals surface area contributed by atoms with Crippen LogP contribution in [0.2, 0.25) is 0 Å². The Morgan fingerprint density at radius 3 is 3.07 bits per heavy atom. The number of piperidine rings is 1. The van der Waals surface area contributed by atoms with Gasteiger partial charge in [0.2, 0.25) is 0 Å². The molecule has 1 saturated heterocycles. The average Bonchev–Trinajstić information content (AvgIpc) is 3.29. The van der Waals surface area contributed by atoms with Crippen molar-refractivity contribution >= 4 is 16.9 Å². The lowest BCUT2D eigenvalue weighted by atomic mass is 9.96. The molecule has 1 aromatic carbocycles. The molecule has 2 aliphatic heterocycles. The van der Waals surface area contributed by atoms with E-state index in [2.05, 4.69) is 39.3 Å².